The van der Waals surface area contributed by atoms with Gasteiger partial charge in [0.1, 0.15) is 5.69 Å². The second-order valence-electron chi connectivity index (χ2n) is 7.01. The molecule has 5 heteroatoms. The minimum Gasteiger partial charge on any atom is -0.379 e. The van der Waals surface area contributed by atoms with Crippen LogP contribution in [0.2, 0.25) is 0 Å². The summed E-state index contributed by atoms with van der Waals surface area (Å²) >= 11 is 0. The molecule has 0 amide bonds. The minimum absolute atomic E-state index is 0.281. The van der Waals surface area contributed by atoms with E-state index in [0.717, 1.165) is 63.0 Å². The molecule has 25 heavy (non-hydrogen) atoms. The molecule has 5 nitrogen and oxygen atoms in total. The third-order valence-electron chi connectivity index (χ3n) is 5.29. The van der Waals surface area contributed by atoms with Crippen molar-refractivity contribution in [1.82, 2.24) is 15.0 Å². The number of rotatable bonds is 5. The van der Waals surface area contributed by atoms with Crippen molar-refractivity contribution >= 4 is 0 Å². The molecular formula is C20H27N3O2. The van der Waals surface area contributed by atoms with E-state index in [9.17, 15) is 0 Å². The van der Waals surface area contributed by atoms with E-state index in [-0.39, 0.29) is 6.04 Å². The largest absolute Gasteiger partial charge is 0.379 e. The Kier molecular flexibility index (Phi) is 5.45. The Balaban J connectivity index is 1.55. The van der Waals surface area contributed by atoms with E-state index in [4.69, 9.17) is 9.26 Å². The van der Waals surface area contributed by atoms with Crippen LogP contribution in [0.4, 0.5) is 0 Å². The van der Waals surface area contributed by atoms with E-state index >= 15 is 0 Å². The van der Waals surface area contributed by atoms with E-state index in [2.05, 4.69) is 33.2 Å². The van der Waals surface area contributed by atoms with Crippen molar-refractivity contribution in [2.75, 3.05) is 45.9 Å². The molecule has 1 atom stereocenters. The lowest BCUT2D eigenvalue weighted by Gasteiger charge is -2.37. The Morgan fingerprint density at radius 3 is 2.48 bits per heavy atom. The van der Waals surface area contributed by atoms with Gasteiger partial charge in [0.25, 0.3) is 0 Å². The highest BCUT2D eigenvalue weighted by Crippen LogP contribution is 2.29. The van der Waals surface area contributed by atoms with E-state index in [1.165, 1.54) is 19.3 Å². The van der Waals surface area contributed by atoms with Crippen molar-refractivity contribution in [2.45, 2.75) is 25.3 Å². The lowest BCUT2D eigenvalue weighted by atomic mass is 10.0. The molecule has 3 heterocycles. The van der Waals surface area contributed by atoms with Crippen LogP contribution in [0.25, 0.3) is 11.3 Å². The van der Waals surface area contributed by atoms with Crippen molar-refractivity contribution in [3.8, 4) is 11.3 Å². The van der Waals surface area contributed by atoms with E-state index in [1.807, 2.05) is 18.2 Å². The average molecular weight is 341 g/mol. The highest BCUT2D eigenvalue weighted by molar-refractivity contribution is 5.58. The molecule has 1 unspecified atom stereocenters. The molecule has 0 radical (unpaired) electrons. The lowest BCUT2D eigenvalue weighted by Crippen LogP contribution is -2.44. The molecule has 0 N–H and O–H groups in total. The number of aromatic nitrogens is 1. The third kappa shape index (κ3) is 4.11. The monoisotopic (exact) mass is 341 g/mol. The molecule has 2 aliphatic rings. The fraction of sp³-hybridized carbons (Fsp3) is 0.550. The van der Waals surface area contributed by atoms with Crippen molar-refractivity contribution in [3.63, 3.8) is 0 Å². The van der Waals surface area contributed by atoms with Crippen LogP contribution in [0.15, 0.2) is 40.9 Å². The van der Waals surface area contributed by atoms with Crippen LogP contribution in [0.5, 0.6) is 0 Å². The second-order valence-corrected chi connectivity index (χ2v) is 7.01. The van der Waals surface area contributed by atoms with Crippen molar-refractivity contribution in [1.29, 1.82) is 0 Å². The summed E-state index contributed by atoms with van der Waals surface area (Å²) in [6.45, 7) is 6.96. The normalized spacial score (nSPS) is 21.3. The maximum atomic E-state index is 5.83. The molecule has 0 bridgehead atoms. The van der Waals surface area contributed by atoms with Crippen LogP contribution in [-0.4, -0.2) is 60.9 Å². The zero-order chi connectivity index (χ0) is 16.9. The molecular weight excluding hydrogens is 314 g/mol. The summed E-state index contributed by atoms with van der Waals surface area (Å²) in [4.78, 5) is 5.07. The Labute approximate surface area is 149 Å². The SMILES string of the molecule is c1ccc(-c2cc(C(CN3CCOCC3)N3CCCCC3)on2)cc1. The predicted octanol–water partition coefficient (Wildman–Crippen LogP) is 3.20. The highest BCUT2D eigenvalue weighted by atomic mass is 16.5. The van der Waals surface area contributed by atoms with Gasteiger partial charge in [0.2, 0.25) is 0 Å². The third-order valence-corrected chi connectivity index (χ3v) is 5.29. The van der Waals surface area contributed by atoms with Crippen LogP contribution < -0.4 is 0 Å². The first-order chi connectivity index (χ1) is 12.4. The molecule has 2 aliphatic heterocycles. The number of ether oxygens (including phenoxy) is 1. The quantitative estimate of drug-likeness (QED) is 0.835. The Morgan fingerprint density at radius 2 is 1.72 bits per heavy atom. The van der Waals surface area contributed by atoms with Crippen LogP contribution in [0, 0.1) is 0 Å². The molecule has 0 saturated carbocycles. The Bertz CT molecular complexity index is 646. The van der Waals surface area contributed by atoms with Crippen molar-refractivity contribution in [3.05, 3.63) is 42.2 Å². The van der Waals surface area contributed by atoms with E-state index in [1.54, 1.807) is 0 Å². The van der Waals surface area contributed by atoms with Gasteiger partial charge in [-0.1, -0.05) is 41.9 Å². The highest BCUT2D eigenvalue weighted by Gasteiger charge is 2.28. The summed E-state index contributed by atoms with van der Waals surface area (Å²) in [7, 11) is 0. The van der Waals surface area contributed by atoms with Gasteiger partial charge in [-0.25, -0.2) is 0 Å². The van der Waals surface area contributed by atoms with E-state index in [0.29, 0.717) is 0 Å². The summed E-state index contributed by atoms with van der Waals surface area (Å²) in [6.07, 6.45) is 3.89. The van der Waals surface area contributed by atoms with Gasteiger partial charge < -0.3 is 9.26 Å². The maximum absolute atomic E-state index is 5.83. The number of piperidine rings is 1. The molecule has 2 aromatic rings. The first-order valence-electron chi connectivity index (χ1n) is 9.46. The second kappa shape index (κ2) is 8.13. The first-order valence-corrected chi connectivity index (χ1v) is 9.46. The van der Waals surface area contributed by atoms with Gasteiger partial charge in [0, 0.05) is 31.3 Å². The van der Waals surface area contributed by atoms with Gasteiger partial charge >= 0.3 is 0 Å². The summed E-state index contributed by atoms with van der Waals surface area (Å²) in [6, 6.07) is 12.7. The summed E-state index contributed by atoms with van der Waals surface area (Å²) < 4.78 is 11.3. The predicted molar refractivity (Wildman–Crippen MR) is 97.4 cm³/mol. The molecule has 2 saturated heterocycles. The number of hydrogen-bond donors (Lipinski definition) is 0. The number of benzene rings is 1. The van der Waals surface area contributed by atoms with E-state index < -0.39 is 0 Å². The molecule has 1 aromatic carbocycles. The van der Waals surface area contributed by atoms with Crippen molar-refractivity contribution in [2.24, 2.45) is 0 Å². The molecule has 0 spiro atoms. The Morgan fingerprint density at radius 1 is 0.960 bits per heavy atom. The van der Waals surface area contributed by atoms with Gasteiger partial charge in [-0.2, -0.15) is 0 Å². The standard InChI is InChI=1S/C20H27N3O2/c1-3-7-17(8-4-1)18-15-20(25-21-18)19(23-9-5-2-6-10-23)16-22-11-13-24-14-12-22/h1,3-4,7-8,15,19H,2,5-6,9-14,16H2. The number of likely N-dealkylation sites (tertiary alicyclic amines) is 1. The zero-order valence-corrected chi connectivity index (χ0v) is 14.8. The fourth-order valence-electron chi connectivity index (χ4n) is 3.84. The fourth-order valence-corrected chi connectivity index (χ4v) is 3.84. The Hall–Kier alpha value is -1.69. The van der Waals surface area contributed by atoms with Gasteiger partial charge in [-0.15, -0.1) is 0 Å². The topological polar surface area (TPSA) is 41.7 Å². The van der Waals surface area contributed by atoms with Gasteiger partial charge in [0.05, 0.1) is 19.3 Å². The molecule has 134 valence electrons. The summed E-state index contributed by atoms with van der Waals surface area (Å²) in [5, 5.41) is 4.35. The summed E-state index contributed by atoms with van der Waals surface area (Å²) in [5.74, 6) is 0.993. The zero-order valence-electron chi connectivity index (χ0n) is 14.8. The van der Waals surface area contributed by atoms with Gasteiger partial charge in [-0.3, -0.25) is 9.80 Å². The minimum atomic E-state index is 0.281. The number of morpholine rings is 1. The van der Waals surface area contributed by atoms with Gasteiger partial charge in [-0.05, 0) is 25.9 Å². The molecule has 1 aromatic heterocycles. The average Bonchev–Trinajstić information content (AvgIpc) is 3.18. The molecule has 0 aliphatic carbocycles. The lowest BCUT2D eigenvalue weighted by molar-refractivity contribution is 0.0157. The van der Waals surface area contributed by atoms with Crippen LogP contribution >= 0.6 is 0 Å². The maximum Gasteiger partial charge on any atom is 0.155 e. The molecule has 2 fully saturated rings. The van der Waals surface area contributed by atoms with Crippen molar-refractivity contribution < 1.29 is 9.26 Å². The van der Waals surface area contributed by atoms with Gasteiger partial charge in [0.15, 0.2) is 5.76 Å². The number of nitrogens with zero attached hydrogens (tertiary/aromatic N) is 3. The van der Waals surface area contributed by atoms with Crippen LogP contribution in [-0.2, 0) is 4.74 Å². The first kappa shape index (κ1) is 16.8. The molecule has 4 rings (SSSR count). The van der Waals surface area contributed by atoms with Crippen LogP contribution in [0.1, 0.15) is 31.1 Å². The van der Waals surface area contributed by atoms with Crippen LogP contribution in [0.3, 0.4) is 0 Å². The smallest absolute Gasteiger partial charge is 0.155 e. The summed E-state index contributed by atoms with van der Waals surface area (Å²) in [5.41, 5.74) is 2.04. The number of hydrogen-bond acceptors (Lipinski definition) is 5.